The van der Waals surface area contributed by atoms with Gasteiger partial charge in [-0.05, 0) is 35.8 Å². The number of carbonyl (C=O) groups is 2. The van der Waals surface area contributed by atoms with Gasteiger partial charge in [0, 0.05) is 6.42 Å². The van der Waals surface area contributed by atoms with Gasteiger partial charge >= 0.3 is 6.09 Å². The summed E-state index contributed by atoms with van der Waals surface area (Å²) in [6.07, 6.45) is 0.374. The predicted molar refractivity (Wildman–Crippen MR) is 110 cm³/mol. The Morgan fingerprint density at radius 1 is 1.14 bits per heavy atom. The number of nitrogens with zero attached hydrogens (tertiary/aromatic N) is 1. The molecule has 2 amide bonds. The Bertz CT molecular complexity index is 838. The lowest BCUT2D eigenvalue weighted by molar-refractivity contribution is -0.130. The number of hydrogen-bond donors (Lipinski definition) is 0. The molecule has 0 saturated carbocycles. The Morgan fingerprint density at radius 3 is 2.50 bits per heavy atom. The SMILES string of the molecule is Cc1cccc([C@H](CC(=O)N2C(=O)OCC2Cc2ccccc2)C(C)(C)C)c1. The summed E-state index contributed by atoms with van der Waals surface area (Å²) in [5, 5.41) is 0. The first-order valence-electron chi connectivity index (χ1n) is 9.85. The maximum absolute atomic E-state index is 13.2. The van der Waals surface area contributed by atoms with Gasteiger partial charge in [0.2, 0.25) is 5.91 Å². The van der Waals surface area contributed by atoms with Gasteiger partial charge in [-0.25, -0.2) is 9.69 Å². The third-order valence-corrected chi connectivity index (χ3v) is 5.41. The van der Waals surface area contributed by atoms with Gasteiger partial charge < -0.3 is 4.74 Å². The largest absolute Gasteiger partial charge is 0.447 e. The number of aryl methyl sites for hydroxylation is 1. The van der Waals surface area contributed by atoms with Crippen molar-refractivity contribution < 1.29 is 14.3 Å². The molecule has 0 spiro atoms. The summed E-state index contributed by atoms with van der Waals surface area (Å²) in [6.45, 7) is 8.72. The number of imide groups is 1. The topological polar surface area (TPSA) is 46.6 Å². The number of cyclic esters (lactones) is 1. The van der Waals surface area contributed by atoms with E-state index in [1.807, 2.05) is 36.4 Å². The molecule has 28 heavy (non-hydrogen) atoms. The zero-order chi connectivity index (χ0) is 20.3. The fourth-order valence-electron chi connectivity index (χ4n) is 3.89. The maximum Gasteiger partial charge on any atom is 0.416 e. The van der Waals surface area contributed by atoms with E-state index in [0.717, 1.165) is 11.1 Å². The smallest absolute Gasteiger partial charge is 0.416 e. The van der Waals surface area contributed by atoms with Crippen molar-refractivity contribution in [3.8, 4) is 0 Å². The average Bonchev–Trinajstić information content (AvgIpc) is 2.99. The van der Waals surface area contributed by atoms with E-state index in [1.54, 1.807) is 0 Å². The molecule has 0 aliphatic carbocycles. The zero-order valence-corrected chi connectivity index (χ0v) is 17.1. The molecular weight excluding hydrogens is 350 g/mol. The van der Waals surface area contributed by atoms with E-state index in [0.29, 0.717) is 6.42 Å². The highest BCUT2D eigenvalue weighted by molar-refractivity contribution is 5.94. The molecule has 1 aliphatic rings. The summed E-state index contributed by atoms with van der Waals surface area (Å²) in [6, 6.07) is 17.9. The van der Waals surface area contributed by atoms with Gasteiger partial charge in [0.05, 0.1) is 6.04 Å². The van der Waals surface area contributed by atoms with Crippen LogP contribution >= 0.6 is 0 Å². The van der Waals surface area contributed by atoms with Crippen LogP contribution in [0.2, 0.25) is 0 Å². The van der Waals surface area contributed by atoms with Crippen LogP contribution in [-0.2, 0) is 16.0 Å². The summed E-state index contributed by atoms with van der Waals surface area (Å²) in [5.41, 5.74) is 3.28. The second-order valence-electron chi connectivity index (χ2n) is 8.72. The molecule has 3 rings (SSSR count). The quantitative estimate of drug-likeness (QED) is 0.726. The van der Waals surface area contributed by atoms with Crippen LogP contribution in [0.1, 0.15) is 49.8 Å². The normalized spacial score (nSPS) is 18.1. The minimum atomic E-state index is -0.525. The molecule has 0 aromatic heterocycles. The predicted octanol–water partition coefficient (Wildman–Crippen LogP) is 5.10. The molecule has 0 radical (unpaired) electrons. The van der Waals surface area contributed by atoms with E-state index in [-0.39, 0.29) is 36.3 Å². The second kappa shape index (κ2) is 8.17. The van der Waals surface area contributed by atoms with Crippen LogP contribution in [-0.4, -0.2) is 29.5 Å². The van der Waals surface area contributed by atoms with E-state index in [4.69, 9.17) is 4.74 Å². The lowest BCUT2D eigenvalue weighted by atomic mass is 9.74. The molecule has 2 aromatic carbocycles. The molecule has 2 aromatic rings. The lowest BCUT2D eigenvalue weighted by Crippen LogP contribution is -2.41. The molecule has 2 atom stereocenters. The Labute approximate surface area is 167 Å². The highest BCUT2D eigenvalue weighted by atomic mass is 16.6. The molecule has 4 nitrogen and oxygen atoms in total. The number of ether oxygens (including phenoxy) is 1. The Morgan fingerprint density at radius 2 is 1.86 bits per heavy atom. The number of hydrogen-bond acceptors (Lipinski definition) is 3. The first-order valence-corrected chi connectivity index (χ1v) is 9.85. The first kappa shape index (κ1) is 20.1. The van der Waals surface area contributed by atoms with Crippen LogP contribution in [0, 0.1) is 12.3 Å². The highest BCUT2D eigenvalue weighted by Crippen LogP contribution is 2.39. The Balaban J connectivity index is 1.80. The van der Waals surface area contributed by atoms with Gasteiger partial charge in [0.1, 0.15) is 6.61 Å². The summed E-state index contributed by atoms with van der Waals surface area (Å²) >= 11 is 0. The summed E-state index contributed by atoms with van der Waals surface area (Å²) in [4.78, 5) is 26.9. The van der Waals surface area contributed by atoms with Gasteiger partial charge in [0.15, 0.2) is 0 Å². The molecule has 148 valence electrons. The van der Waals surface area contributed by atoms with Crippen molar-refractivity contribution >= 4 is 12.0 Å². The molecule has 0 bridgehead atoms. The van der Waals surface area contributed by atoms with Crippen molar-refractivity contribution in [2.45, 2.75) is 52.5 Å². The molecule has 1 heterocycles. The van der Waals surface area contributed by atoms with E-state index < -0.39 is 6.09 Å². The van der Waals surface area contributed by atoms with Gasteiger partial charge in [0.25, 0.3) is 0 Å². The molecule has 4 heteroatoms. The monoisotopic (exact) mass is 379 g/mol. The molecule has 0 N–H and O–H groups in total. The van der Waals surface area contributed by atoms with E-state index in [9.17, 15) is 9.59 Å². The van der Waals surface area contributed by atoms with Gasteiger partial charge in [-0.1, -0.05) is 80.9 Å². The third kappa shape index (κ3) is 4.61. The van der Waals surface area contributed by atoms with E-state index in [1.165, 1.54) is 10.5 Å². The van der Waals surface area contributed by atoms with Crippen molar-refractivity contribution in [1.82, 2.24) is 4.90 Å². The molecule has 1 aliphatic heterocycles. The molecule has 1 unspecified atom stereocenters. The van der Waals surface area contributed by atoms with Crippen molar-refractivity contribution in [2.24, 2.45) is 5.41 Å². The van der Waals surface area contributed by atoms with Crippen LogP contribution < -0.4 is 0 Å². The number of benzene rings is 2. The fraction of sp³-hybridized carbons (Fsp3) is 0.417. The van der Waals surface area contributed by atoms with Crippen LogP contribution in [0.5, 0.6) is 0 Å². The highest BCUT2D eigenvalue weighted by Gasteiger charge is 2.40. The maximum atomic E-state index is 13.2. The standard InChI is InChI=1S/C24H29NO3/c1-17-9-8-12-19(13-17)21(24(2,3)4)15-22(26)25-20(16-28-23(25)27)14-18-10-6-5-7-11-18/h5-13,20-21H,14-16H2,1-4H3/t20?,21-/m0/s1. The van der Waals surface area contributed by atoms with Gasteiger partial charge in [-0.3, -0.25) is 4.79 Å². The number of amides is 2. The zero-order valence-electron chi connectivity index (χ0n) is 17.1. The minimum absolute atomic E-state index is 0.0191. The molecular formula is C24H29NO3. The summed E-state index contributed by atoms with van der Waals surface area (Å²) in [7, 11) is 0. The van der Waals surface area contributed by atoms with Gasteiger partial charge in [-0.15, -0.1) is 0 Å². The van der Waals surface area contributed by atoms with Crippen LogP contribution in [0.15, 0.2) is 54.6 Å². The molecule has 1 fully saturated rings. The summed E-state index contributed by atoms with van der Waals surface area (Å²) in [5.74, 6) is -0.143. The Hall–Kier alpha value is -2.62. The third-order valence-electron chi connectivity index (χ3n) is 5.41. The Kier molecular flexibility index (Phi) is 5.87. The van der Waals surface area contributed by atoms with Crippen molar-refractivity contribution in [3.63, 3.8) is 0 Å². The van der Waals surface area contributed by atoms with Gasteiger partial charge in [-0.2, -0.15) is 0 Å². The first-order chi connectivity index (χ1) is 13.3. The van der Waals surface area contributed by atoms with E-state index >= 15 is 0 Å². The van der Waals surface area contributed by atoms with Crippen molar-refractivity contribution in [1.29, 1.82) is 0 Å². The lowest BCUT2D eigenvalue weighted by Gasteiger charge is -2.32. The van der Waals surface area contributed by atoms with Crippen LogP contribution in [0.25, 0.3) is 0 Å². The number of rotatable bonds is 5. The van der Waals surface area contributed by atoms with E-state index in [2.05, 4.69) is 45.9 Å². The van der Waals surface area contributed by atoms with Crippen molar-refractivity contribution in [3.05, 3.63) is 71.3 Å². The fourth-order valence-corrected chi connectivity index (χ4v) is 3.89. The average molecular weight is 380 g/mol. The van der Waals surface area contributed by atoms with Crippen LogP contribution in [0.3, 0.4) is 0 Å². The minimum Gasteiger partial charge on any atom is -0.447 e. The second-order valence-corrected chi connectivity index (χ2v) is 8.72. The van der Waals surface area contributed by atoms with Crippen molar-refractivity contribution in [2.75, 3.05) is 6.61 Å². The molecule has 1 saturated heterocycles. The van der Waals surface area contributed by atoms with Crippen LogP contribution in [0.4, 0.5) is 4.79 Å². The summed E-state index contributed by atoms with van der Waals surface area (Å²) < 4.78 is 5.23. The number of carbonyl (C=O) groups excluding carboxylic acids is 2.